The van der Waals surface area contributed by atoms with Crippen LogP contribution in [0.5, 0.6) is 11.5 Å². The average Bonchev–Trinajstić information content (AvgIpc) is 3.07. The minimum Gasteiger partial charge on any atom is -0.486 e. The smallest absolute Gasteiger partial charge is 0.230 e. The SMILES string of the molecule is CC(C)Cn1c(SCC(=O)NCC2COc3ccccc3O2)nc2ccccc21. The lowest BCUT2D eigenvalue weighted by molar-refractivity contribution is -0.119. The Kier molecular flexibility index (Phi) is 5.94. The minimum atomic E-state index is -0.190. The van der Waals surface area contributed by atoms with Crippen LogP contribution in [-0.2, 0) is 11.3 Å². The molecular weight excluding hydrogens is 386 g/mol. The molecule has 1 aliphatic heterocycles. The number of ether oxygens (including phenoxy) is 2. The van der Waals surface area contributed by atoms with Crippen molar-refractivity contribution in [2.75, 3.05) is 18.9 Å². The molecular formula is C22H25N3O3S. The molecule has 29 heavy (non-hydrogen) atoms. The van der Waals surface area contributed by atoms with Gasteiger partial charge in [-0.25, -0.2) is 4.98 Å². The summed E-state index contributed by atoms with van der Waals surface area (Å²) >= 11 is 1.47. The van der Waals surface area contributed by atoms with Gasteiger partial charge >= 0.3 is 0 Å². The van der Waals surface area contributed by atoms with Gasteiger partial charge in [0.15, 0.2) is 16.7 Å². The summed E-state index contributed by atoms with van der Waals surface area (Å²) in [4.78, 5) is 17.1. The maximum absolute atomic E-state index is 12.4. The molecule has 0 spiro atoms. The second-order valence-corrected chi connectivity index (χ2v) is 8.42. The number of carbonyl (C=O) groups is 1. The summed E-state index contributed by atoms with van der Waals surface area (Å²) in [5, 5.41) is 3.82. The summed E-state index contributed by atoms with van der Waals surface area (Å²) in [5.74, 6) is 2.23. The number of rotatable bonds is 7. The number of imidazole rings is 1. The van der Waals surface area contributed by atoms with Crippen LogP contribution < -0.4 is 14.8 Å². The molecule has 4 rings (SSSR count). The first-order chi connectivity index (χ1) is 14.1. The second-order valence-electron chi connectivity index (χ2n) is 7.48. The second kappa shape index (κ2) is 8.78. The Morgan fingerprint density at radius 2 is 1.97 bits per heavy atom. The number of para-hydroxylation sites is 4. The van der Waals surface area contributed by atoms with E-state index in [-0.39, 0.29) is 12.0 Å². The number of nitrogens with one attached hydrogen (secondary N) is 1. The van der Waals surface area contributed by atoms with E-state index in [1.165, 1.54) is 11.8 Å². The maximum Gasteiger partial charge on any atom is 0.230 e. The Labute approximate surface area is 174 Å². The number of benzene rings is 2. The summed E-state index contributed by atoms with van der Waals surface area (Å²) in [7, 11) is 0. The van der Waals surface area contributed by atoms with E-state index in [0.717, 1.165) is 34.2 Å². The molecule has 0 radical (unpaired) electrons. The molecule has 0 aliphatic carbocycles. The standard InChI is InChI=1S/C22H25N3O3S/c1-15(2)12-25-18-8-4-3-7-17(18)24-22(25)29-14-21(26)23-11-16-13-27-19-9-5-6-10-20(19)28-16/h3-10,15-16H,11-14H2,1-2H3,(H,23,26). The number of hydrogen-bond acceptors (Lipinski definition) is 5. The first-order valence-electron chi connectivity index (χ1n) is 9.83. The lowest BCUT2D eigenvalue weighted by Gasteiger charge is -2.26. The molecule has 0 saturated heterocycles. The van der Waals surface area contributed by atoms with E-state index >= 15 is 0 Å². The number of nitrogens with zero attached hydrogens (tertiary/aromatic N) is 2. The predicted octanol–water partition coefficient (Wildman–Crippen LogP) is 3.74. The van der Waals surface area contributed by atoms with Gasteiger partial charge in [0.2, 0.25) is 5.91 Å². The maximum atomic E-state index is 12.4. The van der Waals surface area contributed by atoms with Gasteiger partial charge in [0.05, 0.1) is 23.3 Å². The van der Waals surface area contributed by atoms with E-state index in [1.807, 2.05) is 42.5 Å². The summed E-state index contributed by atoms with van der Waals surface area (Å²) in [6.45, 7) is 6.07. The van der Waals surface area contributed by atoms with E-state index in [0.29, 0.717) is 24.8 Å². The van der Waals surface area contributed by atoms with E-state index in [1.54, 1.807) is 0 Å². The van der Waals surface area contributed by atoms with Crippen molar-refractivity contribution in [1.29, 1.82) is 0 Å². The molecule has 0 fully saturated rings. The zero-order chi connectivity index (χ0) is 20.2. The first kappa shape index (κ1) is 19.6. The number of amides is 1. The van der Waals surface area contributed by atoms with E-state index in [2.05, 4.69) is 29.8 Å². The van der Waals surface area contributed by atoms with E-state index in [9.17, 15) is 4.79 Å². The van der Waals surface area contributed by atoms with Crippen LogP contribution in [0.1, 0.15) is 13.8 Å². The minimum absolute atomic E-state index is 0.0411. The molecule has 1 aromatic heterocycles. The third-order valence-electron chi connectivity index (χ3n) is 4.59. The van der Waals surface area contributed by atoms with Crippen LogP contribution >= 0.6 is 11.8 Å². The zero-order valence-corrected chi connectivity index (χ0v) is 17.4. The Balaban J connectivity index is 1.33. The molecule has 0 saturated carbocycles. The van der Waals surface area contributed by atoms with E-state index < -0.39 is 0 Å². The monoisotopic (exact) mass is 411 g/mol. The molecule has 2 aromatic carbocycles. The molecule has 1 atom stereocenters. The summed E-state index contributed by atoms with van der Waals surface area (Å²) in [6, 6.07) is 15.7. The number of thioether (sulfide) groups is 1. The quantitative estimate of drug-likeness (QED) is 0.600. The van der Waals surface area contributed by atoms with Gasteiger partial charge in [-0.2, -0.15) is 0 Å². The van der Waals surface area contributed by atoms with E-state index in [4.69, 9.17) is 14.5 Å². The highest BCUT2D eigenvalue weighted by molar-refractivity contribution is 7.99. The van der Waals surface area contributed by atoms with Crippen LogP contribution in [0.4, 0.5) is 0 Å². The molecule has 0 bridgehead atoms. The topological polar surface area (TPSA) is 65.4 Å². The Morgan fingerprint density at radius 1 is 1.21 bits per heavy atom. The van der Waals surface area contributed by atoms with Crippen molar-refractivity contribution in [2.24, 2.45) is 5.92 Å². The summed E-state index contributed by atoms with van der Waals surface area (Å²) in [6.07, 6.45) is -0.190. The molecule has 1 aliphatic rings. The number of fused-ring (bicyclic) bond motifs is 2. The van der Waals surface area contributed by atoms with Crippen molar-refractivity contribution in [3.8, 4) is 11.5 Å². The molecule has 7 heteroatoms. The van der Waals surface area contributed by atoms with Gasteiger partial charge in [-0.15, -0.1) is 0 Å². The average molecular weight is 412 g/mol. The van der Waals surface area contributed by atoms with Gasteiger partial charge in [-0.3, -0.25) is 4.79 Å². The lowest BCUT2D eigenvalue weighted by atomic mass is 10.2. The molecule has 1 N–H and O–H groups in total. The zero-order valence-electron chi connectivity index (χ0n) is 16.6. The third kappa shape index (κ3) is 4.67. The van der Waals surface area contributed by atoms with Gasteiger partial charge in [0.25, 0.3) is 0 Å². The van der Waals surface area contributed by atoms with Gasteiger partial charge in [-0.05, 0) is 30.2 Å². The molecule has 6 nitrogen and oxygen atoms in total. The molecule has 1 amide bonds. The molecule has 2 heterocycles. The van der Waals surface area contributed by atoms with Crippen molar-refractivity contribution < 1.29 is 14.3 Å². The van der Waals surface area contributed by atoms with Crippen molar-refractivity contribution in [3.63, 3.8) is 0 Å². The van der Waals surface area contributed by atoms with Gasteiger partial charge < -0.3 is 19.4 Å². The normalized spacial score (nSPS) is 15.6. The van der Waals surface area contributed by atoms with Crippen LogP contribution in [0.2, 0.25) is 0 Å². The van der Waals surface area contributed by atoms with Crippen LogP contribution in [0, 0.1) is 5.92 Å². The highest BCUT2D eigenvalue weighted by Gasteiger charge is 2.21. The van der Waals surface area contributed by atoms with Crippen LogP contribution in [-0.4, -0.2) is 40.5 Å². The van der Waals surface area contributed by atoms with Gasteiger partial charge in [-0.1, -0.05) is 49.9 Å². The first-order valence-corrected chi connectivity index (χ1v) is 10.8. The Bertz CT molecular complexity index is 1000. The van der Waals surface area contributed by atoms with Crippen molar-refractivity contribution in [3.05, 3.63) is 48.5 Å². The van der Waals surface area contributed by atoms with Crippen LogP contribution in [0.3, 0.4) is 0 Å². The van der Waals surface area contributed by atoms with Crippen LogP contribution in [0.15, 0.2) is 53.7 Å². The summed E-state index contributed by atoms with van der Waals surface area (Å²) in [5.41, 5.74) is 2.07. The number of hydrogen-bond donors (Lipinski definition) is 1. The highest BCUT2D eigenvalue weighted by Crippen LogP contribution is 2.30. The Morgan fingerprint density at radius 3 is 2.79 bits per heavy atom. The van der Waals surface area contributed by atoms with Crippen molar-refractivity contribution >= 4 is 28.7 Å². The Hall–Kier alpha value is -2.67. The van der Waals surface area contributed by atoms with Crippen molar-refractivity contribution in [2.45, 2.75) is 31.7 Å². The molecule has 152 valence electrons. The summed E-state index contributed by atoms with van der Waals surface area (Å²) < 4.78 is 13.8. The third-order valence-corrected chi connectivity index (χ3v) is 5.57. The molecule has 3 aromatic rings. The molecule has 1 unspecified atom stereocenters. The number of aromatic nitrogens is 2. The van der Waals surface area contributed by atoms with Crippen molar-refractivity contribution in [1.82, 2.24) is 14.9 Å². The van der Waals surface area contributed by atoms with Crippen LogP contribution in [0.25, 0.3) is 11.0 Å². The number of carbonyl (C=O) groups excluding carboxylic acids is 1. The fourth-order valence-corrected chi connectivity index (χ4v) is 4.13. The fraction of sp³-hybridized carbons (Fsp3) is 0.364. The largest absolute Gasteiger partial charge is 0.486 e. The van der Waals surface area contributed by atoms with Gasteiger partial charge in [0.1, 0.15) is 12.7 Å². The van der Waals surface area contributed by atoms with Gasteiger partial charge in [0, 0.05) is 6.54 Å². The highest BCUT2D eigenvalue weighted by atomic mass is 32.2. The predicted molar refractivity (Wildman–Crippen MR) is 115 cm³/mol. The lowest BCUT2D eigenvalue weighted by Crippen LogP contribution is -2.41. The fourth-order valence-electron chi connectivity index (χ4n) is 3.28.